The van der Waals surface area contributed by atoms with Crippen molar-refractivity contribution in [2.45, 2.75) is 6.42 Å². The Morgan fingerprint density at radius 1 is 1.14 bits per heavy atom. The zero-order valence-electron chi connectivity index (χ0n) is 11.3. The maximum absolute atomic E-state index is 12.6. The van der Waals surface area contributed by atoms with Crippen LogP contribution in [0.5, 0.6) is 0 Å². The van der Waals surface area contributed by atoms with E-state index in [1.54, 1.807) is 17.6 Å². The summed E-state index contributed by atoms with van der Waals surface area (Å²) >= 11 is 1.54. The van der Waals surface area contributed by atoms with Gasteiger partial charge in [-0.25, -0.2) is 0 Å². The quantitative estimate of drug-likeness (QED) is 0.477. The number of rotatable bonds is 2. The number of nitrogens with zero attached hydrogens (tertiary/aromatic N) is 2. The normalized spacial score (nSPS) is 42.8. The van der Waals surface area contributed by atoms with E-state index in [0.29, 0.717) is 11.8 Å². The molecule has 2 saturated carbocycles. The first kappa shape index (κ1) is 11.9. The van der Waals surface area contributed by atoms with Crippen LogP contribution in [0.4, 0.5) is 0 Å². The summed E-state index contributed by atoms with van der Waals surface area (Å²) in [5.41, 5.74) is 0. The molecule has 3 fully saturated rings. The van der Waals surface area contributed by atoms with Crippen molar-refractivity contribution in [2.24, 2.45) is 40.6 Å². The molecular formula is C16H14N2O2S. The summed E-state index contributed by atoms with van der Waals surface area (Å²) in [4.78, 5) is 26.2. The Balaban J connectivity index is 1.48. The molecule has 6 rings (SSSR count). The van der Waals surface area contributed by atoms with E-state index in [9.17, 15) is 9.59 Å². The number of hydrogen-bond acceptors (Lipinski definition) is 4. The van der Waals surface area contributed by atoms with Crippen LogP contribution in [-0.4, -0.2) is 23.0 Å². The third-order valence-electron chi connectivity index (χ3n) is 5.48. The number of amides is 2. The van der Waals surface area contributed by atoms with Gasteiger partial charge >= 0.3 is 0 Å². The molecule has 5 heteroatoms. The van der Waals surface area contributed by atoms with Crippen molar-refractivity contribution in [2.75, 3.05) is 0 Å². The van der Waals surface area contributed by atoms with Gasteiger partial charge in [-0.05, 0) is 41.5 Å². The highest BCUT2D eigenvalue weighted by Gasteiger charge is 2.67. The van der Waals surface area contributed by atoms with Crippen LogP contribution in [0.15, 0.2) is 34.8 Å². The number of carbonyl (C=O) groups is 2. The molecule has 5 aliphatic rings. The lowest BCUT2D eigenvalue weighted by Gasteiger charge is -2.37. The Morgan fingerprint density at radius 2 is 1.81 bits per heavy atom. The van der Waals surface area contributed by atoms with Gasteiger partial charge in [0.2, 0.25) is 0 Å². The molecule has 0 spiro atoms. The standard InChI is InChI=1S/C16H14N2O2S/c19-15-13-9-3-4-10(12-6-11(9)12)14(13)16(20)18(15)17-7-8-2-1-5-21-8/h1-5,7,9-14H,6H2/b17-7+/t9-,10-,11-,12-,13-,14+/m1/s1. The highest BCUT2D eigenvalue weighted by molar-refractivity contribution is 7.11. The van der Waals surface area contributed by atoms with E-state index < -0.39 is 0 Å². The molecule has 2 heterocycles. The van der Waals surface area contributed by atoms with Crippen LogP contribution in [-0.2, 0) is 9.59 Å². The number of allylic oxidation sites excluding steroid dienone is 2. The largest absolute Gasteiger partial charge is 0.272 e. The summed E-state index contributed by atoms with van der Waals surface area (Å²) in [6.07, 6.45) is 7.16. The Hall–Kier alpha value is -1.75. The second-order valence-electron chi connectivity index (χ2n) is 6.40. The summed E-state index contributed by atoms with van der Waals surface area (Å²) in [6.45, 7) is 0. The zero-order chi connectivity index (χ0) is 14.1. The van der Waals surface area contributed by atoms with Gasteiger partial charge in [-0.2, -0.15) is 10.1 Å². The molecule has 4 aliphatic carbocycles. The van der Waals surface area contributed by atoms with Gasteiger partial charge < -0.3 is 0 Å². The van der Waals surface area contributed by atoms with Crippen LogP contribution in [0, 0.1) is 35.5 Å². The summed E-state index contributed by atoms with van der Waals surface area (Å²) in [6, 6.07) is 3.85. The first-order valence-corrected chi connectivity index (χ1v) is 8.27. The van der Waals surface area contributed by atoms with Crippen molar-refractivity contribution in [1.29, 1.82) is 0 Å². The summed E-state index contributed by atoms with van der Waals surface area (Å²) in [5.74, 6) is 1.31. The predicted octanol–water partition coefficient (Wildman–Crippen LogP) is 2.14. The van der Waals surface area contributed by atoms with Crippen molar-refractivity contribution in [3.8, 4) is 0 Å². The zero-order valence-corrected chi connectivity index (χ0v) is 12.1. The third-order valence-corrected chi connectivity index (χ3v) is 6.29. The fourth-order valence-corrected chi connectivity index (χ4v) is 5.11. The molecule has 0 aromatic carbocycles. The van der Waals surface area contributed by atoms with Crippen molar-refractivity contribution in [3.05, 3.63) is 34.5 Å². The minimum absolute atomic E-state index is 0.0949. The first-order valence-electron chi connectivity index (χ1n) is 7.39. The third kappa shape index (κ3) is 1.47. The molecule has 106 valence electrons. The van der Waals surface area contributed by atoms with Crippen LogP contribution in [0.1, 0.15) is 11.3 Å². The van der Waals surface area contributed by atoms with Crippen LogP contribution in [0.2, 0.25) is 0 Å². The molecule has 4 nitrogen and oxygen atoms in total. The summed E-state index contributed by atoms with van der Waals surface area (Å²) in [5, 5.41) is 7.26. The van der Waals surface area contributed by atoms with Gasteiger partial charge in [0.25, 0.3) is 11.8 Å². The number of hydrogen-bond donors (Lipinski definition) is 0. The maximum atomic E-state index is 12.6. The second kappa shape index (κ2) is 3.91. The highest BCUT2D eigenvalue weighted by atomic mass is 32.1. The molecular weight excluding hydrogens is 284 g/mol. The van der Waals surface area contributed by atoms with E-state index in [2.05, 4.69) is 17.3 Å². The van der Waals surface area contributed by atoms with Crippen molar-refractivity contribution < 1.29 is 9.59 Å². The maximum Gasteiger partial charge on any atom is 0.254 e. The monoisotopic (exact) mass is 298 g/mol. The summed E-state index contributed by atoms with van der Waals surface area (Å²) < 4.78 is 0. The lowest BCUT2D eigenvalue weighted by Crippen LogP contribution is -2.40. The van der Waals surface area contributed by atoms with Gasteiger partial charge in [0.15, 0.2) is 0 Å². The molecule has 0 unspecified atom stereocenters. The van der Waals surface area contributed by atoms with Crippen molar-refractivity contribution >= 4 is 29.4 Å². The fraction of sp³-hybridized carbons (Fsp3) is 0.438. The average Bonchev–Trinajstić information content (AvgIpc) is 3.10. The Bertz CT molecular complexity index is 657. The molecule has 1 aliphatic heterocycles. The SMILES string of the molecule is O=C1[C@@H]2[C@@H]3C=C[C@H]([C@H]4C[C@H]34)[C@@H]2C(=O)N1/N=C/c1cccs1. The average molecular weight is 298 g/mol. The van der Waals surface area contributed by atoms with Gasteiger partial charge in [-0.1, -0.05) is 18.2 Å². The van der Waals surface area contributed by atoms with Crippen LogP contribution in [0.3, 0.4) is 0 Å². The number of imide groups is 1. The minimum Gasteiger partial charge on any atom is -0.272 e. The van der Waals surface area contributed by atoms with Gasteiger partial charge in [-0.15, -0.1) is 11.3 Å². The molecule has 2 bridgehead atoms. The van der Waals surface area contributed by atoms with E-state index >= 15 is 0 Å². The summed E-state index contributed by atoms with van der Waals surface area (Å²) in [7, 11) is 0. The Morgan fingerprint density at radius 3 is 2.38 bits per heavy atom. The smallest absolute Gasteiger partial charge is 0.254 e. The van der Waals surface area contributed by atoms with E-state index in [1.807, 2.05) is 17.5 Å². The number of thiophene rings is 1. The molecule has 2 amide bonds. The fourth-order valence-electron chi connectivity index (χ4n) is 4.53. The molecule has 1 saturated heterocycles. The van der Waals surface area contributed by atoms with Crippen LogP contribution in [0.25, 0.3) is 0 Å². The lowest BCUT2D eigenvalue weighted by molar-refractivity contribution is -0.140. The van der Waals surface area contributed by atoms with Crippen LogP contribution >= 0.6 is 11.3 Å². The van der Waals surface area contributed by atoms with E-state index in [0.717, 1.165) is 9.89 Å². The van der Waals surface area contributed by atoms with Gasteiger partial charge in [0.1, 0.15) is 0 Å². The highest BCUT2D eigenvalue weighted by Crippen LogP contribution is 2.65. The lowest BCUT2D eigenvalue weighted by atomic mass is 9.63. The van der Waals surface area contributed by atoms with Gasteiger partial charge in [0, 0.05) is 4.88 Å². The Kier molecular flexibility index (Phi) is 2.21. The number of carbonyl (C=O) groups excluding carboxylic acids is 2. The van der Waals surface area contributed by atoms with E-state index in [-0.39, 0.29) is 35.5 Å². The Labute approximate surface area is 126 Å². The minimum atomic E-state index is -0.156. The topological polar surface area (TPSA) is 49.7 Å². The molecule has 1 aromatic heterocycles. The van der Waals surface area contributed by atoms with E-state index in [4.69, 9.17) is 0 Å². The molecule has 1 aromatic rings. The van der Waals surface area contributed by atoms with Gasteiger partial charge in [-0.3, -0.25) is 9.59 Å². The number of hydrazone groups is 1. The molecule has 0 radical (unpaired) electrons. The molecule has 21 heavy (non-hydrogen) atoms. The van der Waals surface area contributed by atoms with Crippen LogP contribution < -0.4 is 0 Å². The van der Waals surface area contributed by atoms with E-state index in [1.165, 1.54) is 6.42 Å². The first-order chi connectivity index (χ1) is 10.3. The molecule has 0 N–H and O–H groups in total. The van der Waals surface area contributed by atoms with Gasteiger partial charge in [0.05, 0.1) is 18.1 Å². The van der Waals surface area contributed by atoms with Crippen molar-refractivity contribution in [1.82, 2.24) is 5.01 Å². The predicted molar refractivity (Wildman–Crippen MR) is 78.5 cm³/mol. The van der Waals surface area contributed by atoms with Crippen molar-refractivity contribution in [3.63, 3.8) is 0 Å². The second-order valence-corrected chi connectivity index (χ2v) is 7.38. The molecule has 6 atom stereocenters.